The third kappa shape index (κ3) is 1.13. The lowest BCUT2D eigenvalue weighted by atomic mass is 9.83. The molecule has 0 bridgehead atoms. The van der Waals surface area contributed by atoms with Gasteiger partial charge in [0.1, 0.15) is 0 Å². The topological polar surface area (TPSA) is 34.1 Å². The molecule has 0 aromatic carbocycles. The Morgan fingerprint density at radius 3 is 1.53 bits per heavy atom. The summed E-state index contributed by atoms with van der Waals surface area (Å²) in [6, 6.07) is 0. The molecule has 1 saturated heterocycles. The second-order valence-electron chi connectivity index (χ2n) is 4.21. The highest BCUT2D eigenvalue weighted by Crippen LogP contribution is 2.43. The highest BCUT2D eigenvalue weighted by atomic mass is 32.2. The Hall–Kier alpha value is -1.09. The first-order chi connectivity index (χ1) is 7.21. The van der Waals surface area contributed by atoms with Gasteiger partial charge in [0, 0.05) is 11.8 Å². The molecule has 0 aromatic rings. The summed E-state index contributed by atoms with van der Waals surface area (Å²) in [5.41, 5.74) is 0. The van der Waals surface area contributed by atoms with E-state index in [4.69, 9.17) is 0 Å². The first-order valence-electron chi connectivity index (χ1n) is 5.14. The largest absolute Gasteiger partial charge is 0.228 e. The van der Waals surface area contributed by atoms with Gasteiger partial charge in [-0.1, -0.05) is 48.6 Å². The third-order valence-corrected chi connectivity index (χ3v) is 5.91. The van der Waals surface area contributed by atoms with Gasteiger partial charge >= 0.3 is 0 Å². The lowest BCUT2D eigenvalue weighted by molar-refractivity contribution is 0.527. The SMILES string of the molecule is O=S1(=O)[C@H]2C=CC=C[C@H]2[C@@H]2C=CC=C[C@@H]21. The number of sulfone groups is 1. The Kier molecular flexibility index (Phi) is 1.80. The number of rotatable bonds is 0. The maximum Gasteiger partial charge on any atom is 0.164 e. The van der Waals surface area contributed by atoms with Crippen LogP contribution in [-0.2, 0) is 9.84 Å². The third-order valence-electron chi connectivity index (χ3n) is 3.45. The van der Waals surface area contributed by atoms with E-state index in [0.29, 0.717) is 0 Å². The molecule has 2 nitrogen and oxygen atoms in total. The first kappa shape index (κ1) is 9.16. The molecule has 78 valence electrons. The number of hydrogen-bond acceptors (Lipinski definition) is 2. The average Bonchev–Trinajstić information content (AvgIpc) is 2.51. The van der Waals surface area contributed by atoms with Crippen molar-refractivity contribution in [2.75, 3.05) is 0 Å². The fourth-order valence-electron chi connectivity index (χ4n) is 2.74. The molecule has 3 rings (SSSR count). The molecule has 2 aliphatic carbocycles. The van der Waals surface area contributed by atoms with Crippen molar-refractivity contribution in [3.63, 3.8) is 0 Å². The van der Waals surface area contributed by atoms with E-state index >= 15 is 0 Å². The molecule has 0 aromatic heterocycles. The van der Waals surface area contributed by atoms with E-state index in [9.17, 15) is 8.42 Å². The van der Waals surface area contributed by atoms with Gasteiger partial charge in [-0.2, -0.15) is 0 Å². The van der Waals surface area contributed by atoms with Crippen molar-refractivity contribution in [1.82, 2.24) is 0 Å². The van der Waals surface area contributed by atoms with E-state index < -0.39 is 9.84 Å². The predicted molar refractivity (Wildman–Crippen MR) is 60.0 cm³/mol. The summed E-state index contributed by atoms with van der Waals surface area (Å²) >= 11 is 0. The molecule has 1 fully saturated rings. The molecule has 0 N–H and O–H groups in total. The normalized spacial score (nSPS) is 44.0. The van der Waals surface area contributed by atoms with Crippen molar-refractivity contribution in [3.05, 3.63) is 48.6 Å². The zero-order chi connectivity index (χ0) is 10.5. The van der Waals surface area contributed by atoms with Crippen molar-refractivity contribution in [1.29, 1.82) is 0 Å². The Bertz CT molecular complexity index is 454. The molecule has 3 heteroatoms. The minimum Gasteiger partial charge on any atom is -0.228 e. The van der Waals surface area contributed by atoms with Crippen LogP contribution in [0.3, 0.4) is 0 Å². The van der Waals surface area contributed by atoms with Crippen molar-refractivity contribution >= 4 is 9.84 Å². The first-order valence-corrected chi connectivity index (χ1v) is 6.75. The van der Waals surface area contributed by atoms with E-state index in [1.165, 1.54) is 0 Å². The molecule has 1 aliphatic heterocycles. The molecule has 0 radical (unpaired) electrons. The smallest absolute Gasteiger partial charge is 0.164 e. The maximum atomic E-state index is 12.2. The molecule has 0 saturated carbocycles. The van der Waals surface area contributed by atoms with Crippen LogP contribution in [-0.4, -0.2) is 18.9 Å². The lowest BCUT2D eigenvalue weighted by Gasteiger charge is -2.19. The van der Waals surface area contributed by atoms with Crippen molar-refractivity contribution in [3.8, 4) is 0 Å². The predicted octanol–water partition coefficient (Wildman–Crippen LogP) is 1.64. The summed E-state index contributed by atoms with van der Waals surface area (Å²) < 4.78 is 24.4. The molecule has 0 amide bonds. The zero-order valence-corrected chi connectivity index (χ0v) is 8.97. The van der Waals surface area contributed by atoms with Gasteiger partial charge in [-0.3, -0.25) is 0 Å². The fourth-order valence-corrected chi connectivity index (χ4v) is 5.14. The Morgan fingerprint density at radius 2 is 1.07 bits per heavy atom. The van der Waals surface area contributed by atoms with Gasteiger partial charge in [-0.25, -0.2) is 8.42 Å². The second-order valence-corrected chi connectivity index (χ2v) is 6.48. The van der Waals surface area contributed by atoms with E-state index in [-0.39, 0.29) is 22.3 Å². The molecule has 15 heavy (non-hydrogen) atoms. The van der Waals surface area contributed by atoms with Crippen LogP contribution in [0.15, 0.2) is 48.6 Å². The van der Waals surface area contributed by atoms with Gasteiger partial charge in [0.25, 0.3) is 0 Å². The van der Waals surface area contributed by atoms with E-state index in [1.54, 1.807) is 0 Å². The van der Waals surface area contributed by atoms with Crippen LogP contribution < -0.4 is 0 Å². The second kappa shape index (κ2) is 2.95. The van der Waals surface area contributed by atoms with Crippen molar-refractivity contribution in [2.45, 2.75) is 10.5 Å². The minimum absolute atomic E-state index is 0.131. The van der Waals surface area contributed by atoms with Gasteiger partial charge in [0.2, 0.25) is 0 Å². The monoisotopic (exact) mass is 220 g/mol. The van der Waals surface area contributed by atoms with E-state index in [2.05, 4.69) is 0 Å². The summed E-state index contributed by atoms with van der Waals surface area (Å²) in [5, 5.41) is -0.630. The number of allylic oxidation sites excluding steroid dienone is 6. The molecule has 3 aliphatic rings. The Labute approximate surface area is 89.6 Å². The van der Waals surface area contributed by atoms with Gasteiger partial charge in [0.05, 0.1) is 10.5 Å². The van der Waals surface area contributed by atoms with Gasteiger partial charge in [-0.05, 0) is 0 Å². The van der Waals surface area contributed by atoms with Crippen LogP contribution in [0, 0.1) is 11.8 Å². The standard InChI is InChI=1S/C12H12O2S/c13-15(14)11-7-3-1-5-9(11)10-6-2-4-8-12(10)15/h1-12H/t9-,10-,11-,12-/m0/s1. The van der Waals surface area contributed by atoms with Gasteiger partial charge in [0.15, 0.2) is 9.84 Å². The van der Waals surface area contributed by atoms with Crippen LogP contribution in [0.5, 0.6) is 0 Å². The molecular weight excluding hydrogens is 208 g/mol. The van der Waals surface area contributed by atoms with Gasteiger partial charge < -0.3 is 0 Å². The molecule has 4 atom stereocenters. The summed E-state index contributed by atoms with van der Waals surface area (Å²) in [4.78, 5) is 0. The zero-order valence-electron chi connectivity index (χ0n) is 8.15. The Morgan fingerprint density at radius 1 is 0.667 bits per heavy atom. The molecular formula is C12H12O2S. The van der Waals surface area contributed by atoms with Crippen molar-refractivity contribution < 1.29 is 8.42 Å². The van der Waals surface area contributed by atoms with Crippen LogP contribution in [0.4, 0.5) is 0 Å². The summed E-state index contributed by atoms with van der Waals surface area (Å²) in [6.45, 7) is 0. The van der Waals surface area contributed by atoms with Crippen LogP contribution in [0.1, 0.15) is 0 Å². The summed E-state index contributed by atoms with van der Waals surface area (Å²) in [7, 11) is -3.02. The molecule has 0 spiro atoms. The van der Waals surface area contributed by atoms with Crippen LogP contribution >= 0.6 is 0 Å². The lowest BCUT2D eigenvalue weighted by Crippen LogP contribution is -2.23. The van der Waals surface area contributed by atoms with E-state index in [0.717, 1.165) is 0 Å². The van der Waals surface area contributed by atoms with E-state index in [1.807, 2.05) is 48.6 Å². The van der Waals surface area contributed by atoms with Crippen LogP contribution in [0.2, 0.25) is 0 Å². The molecule has 0 unspecified atom stereocenters. The summed E-state index contributed by atoms with van der Waals surface area (Å²) in [6.07, 6.45) is 15.3. The van der Waals surface area contributed by atoms with Crippen LogP contribution in [0.25, 0.3) is 0 Å². The highest BCUT2D eigenvalue weighted by Gasteiger charge is 2.51. The number of hydrogen-bond donors (Lipinski definition) is 0. The minimum atomic E-state index is -3.02. The highest BCUT2D eigenvalue weighted by molar-refractivity contribution is 7.93. The quantitative estimate of drug-likeness (QED) is 0.622. The van der Waals surface area contributed by atoms with Crippen molar-refractivity contribution in [2.24, 2.45) is 11.8 Å². The average molecular weight is 220 g/mol. The maximum absolute atomic E-state index is 12.2. The van der Waals surface area contributed by atoms with Gasteiger partial charge in [-0.15, -0.1) is 0 Å². The fraction of sp³-hybridized carbons (Fsp3) is 0.333. The Balaban J connectivity index is 2.16. The number of fused-ring (bicyclic) bond motifs is 3. The summed E-state index contributed by atoms with van der Waals surface area (Å²) in [5.74, 6) is 0.261. The molecule has 1 heterocycles.